The first-order valence-electron chi connectivity index (χ1n) is 8.35. The smallest absolute Gasteiger partial charge is 0.253 e. The number of rotatable bonds is 8. The van der Waals surface area contributed by atoms with Crippen molar-refractivity contribution in [2.24, 2.45) is 0 Å². The average molecular weight is 373 g/mol. The summed E-state index contributed by atoms with van der Waals surface area (Å²) in [6.45, 7) is 0.823. The van der Waals surface area contributed by atoms with Crippen molar-refractivity contribution in [1.82, 2.24) is 15.5 Å². The summed E-state index contributed by atoms with van der Waals surface area (Å²) in [4.78, 5) is 37.1. The predicted molar refractivity (Wildman–Crippen MR) is 102 cm³/mol. The van der Waals surface area contributed by atoms with Crippen molar-refractivity contribution in [2.45, 2.75) is 19.4 Å². The molecule has 2 N–H and O–H groups in total. The third kappa shape index (κ3) is 6.00. The number of amides is 3. The summed E-state index contributed by atoms with van der Waals surface area (Å²) in [5, 5.41) is 9.26. The maximum Gasteiger partial charge on any atom is 0.253 e. The van der Waals surface area contributed by atoms with Gasteiger partial charge in [0, 0.05) is 50.1 Å². The van der Waals surface area contributed by atoms with Gasteiger partial charge in [0.1, 0.15) is 0 Å². The highest BCUT2D eigenvalue weighted by Gasteiger charge is 2.09. The Hall–Kier alpha value is -2.67. The van der Waals surface area contributed by atoms with Crippen molar-refractivity contribution in [1.29, 1.82) is 0 Å². The molecule has 138 valence electrons. The van der Waals surface area contributed by atoms with Crippen LogP contribution in [0.25, 0.3) is 0 Å². The molecule has 0 aliphatic rings. The van der Waals surface area contributed by atoms with Crippen LogP contribution in [0.1, 0.15) is 39.1 Å². The summed E-state index contributed by atoms with van der Waals surface area (Å²) < 4.78 is 0. The molecule has 0 aliphatic carbocycles. The first kappa shape index (κ1) is 19.7. The van der Waals surface area contributed by atoms with Gasteiger partial charge in [0.15, 0.2) is 0 Å². The lowest BCUT2D eigenvalue weighted by Gasteiger charge is -2.11. The number of carbonyl (C=O) groups is 3. The predicted octanol–water partition coefficient (Wildman–Crippen LogP) is 2.28. The van der Waals surface area contributed by atoms with Crippen molar-refractivity contribution in [3.63, 3.8) is 0 Å². The van der Waals surface area contributed by atoms with Gasteiger partial charge in [0.05, 0.1) is 0 Å². The number of thiophene rings is 1. The molecular formula is C19H23N3O3S. The van der Waals surface area contributed by atoms with Crippen molar-refractivity contribution in [3.05, 3.63) is 57.8 Å². The Bertz CT molecular complexity index is 757. The molecule has 0 radical (unpaired) electrons. The summed E-state index contributed by atoms with van der Waals surface area (Å²) in [5.41, 5.74) is 2.11. The molecule has 0 saturated carbocycles. The second kappa shape index (κ2) is 9.72. The van der Waals surface area contributed by atoms with E-state index in [9.17, 15) is 14.4 Å². The first-order valence-corrected chi connectivity index (χ1v) is 9.29. The Morgan fingerprint density at radius 3 is 2.58 bits per heavy atom. The van der Waals surface area contributed by atoms with Gasteiger partial charge in [-0.1, -0.05) is 12.1 Å². The SMILES string of the molecule is CN(C)C(=O)c1cccc(CNC(=O)CCCNC(=O)c2ccsc2)c1. The van der Waals surface area contributed by atoms with Gasteiger partial charge < -0.3 is 15.5 Å². The van der Waals surface area contributed by atoms with Crippen molar-refractivity contribution in [2.75, 3.05) is 20.6 Å². The number of nitrogens with zero attached hydrogens (tertiary/aromatic N) is 1. The second-order valence-electron chi connectivity index (χ2n) is 6.05. The van der Waals surface area contributed by atoms with Crippen LogP contribution in [0.2, 0.25) is 0 Å². The van der Waals surface area contributed by atoms with E-state index >= 15 is 0 Å². The molecule has 0 fully saturated rings. The van der Waals surface area contributed by atoms with Gasteiger partial charge in [-0.25, -0.2) is 0 Å². The van der Waals surface area contributed by atoms with Crippen LogP contribution in [0.3, 0.4) is 0 Å². The summed E-state index contributed by atoms with van der Waals surface area (Å²) >= 11 is 1.47. The van der Waals surface area contributed by atoms with Crippen LogP contribution in [0.15, 0.2) is 41.1 Å². The van der Waals surface area contributed by atoms with E-state index in [1.165, 1.54) is 16.2 Å². The zero-order valence-corrected chi connectivity index (χ0v) is 15.8. The van der Waals surface area contributed by atoms with E-state index in [0.29, 0.717) is 37.1 Å². The molecule has 6 nitrogen and oxygen atoms in total. The zero-order chi connectivity index (χ0) is 18.9. The lowest BCUT2D eigenvalue weighted by molar-refractivity contribution is -0.121. The lowest BCUT2D eigenvalue weighted by Crippen LogP contribution is -2.27. The molecule has 7 heteroatoms. The van der Waals surface area contributed by atoms with Crippen LogP contribution < -0.4 is 10.6 Å². The monoisotopic (exact) mass is 373 g/mol. The maximum absolute atomic E-state index is 12.0. The highest BCUT2D eigenvalue weighted by Crippen LogP contribution is 2.08. The lowest BCUT2D eigenvalue weighted by atomic mass is 10.1. The molecule has 0 saturated heterocycles. The van der Waals surface area contributed by atoms with Crippen LogP contribution in [-0.2, 0) is 11.3 Å². The Morgan fingerprint density at radius 2 is 1.88 bits per heavy atom. The molecule has 26 heavy (non-hydrogen) atoms. The Labute approximate surface area is 157 Å². The zero-order valence-electron chi connectivity index (χ0n) is 15.0. The molecule has 0 aliphatic heterocycles. The average Bonchev–Trinajstić information content (AvgIpc) is 3.17. The van der Waals surface area contributed by atoms with Crippen molar-refractivity contribution >= 4 is 29.1 Å². The van der Waals surface area contributed by atoms with Crippen LogP contribution in [-0.4, -0.2) is 43.3 Å². The molecule has 0 bridgehead atoms. The highest BCUT2D eigenvalue weighted by atomic mass is 32.1. The quantitative estimate of drug-likeness (QED) is 0.697. The summed E-state index contributed by atoms with van der Waals surface area (Å²) in [6, 6.07) is 8.97. The molecule has 0 spiro atoms. The molecule has 1 heterocycles. The standard InChI is InChI=1S/C19H23N3O3S/c1-22(2)19(25)15-6-3-5-14(11-15)12-21-17(23)7-4-9-20-18(24)16-8-10-26-13-16/h3,5-6,8,10-11,13H,4,7,9,12H2,1-2H3,(H,20,24)(H,21,23). The van der Waals surface area contributed by atoms with E-state index in [1.807, 2.05) is 11.4 Å². The molecule has 1 aromatic heterocycles. The molecular weight excluding hydrogens is 350 g/mol. The minimum absolute atomic E-state index is 0.0699. The second-order valence-corrected chi connectivity index (χ2v) is 6.83. The van der Waals surface area contributed by atoms with Crippen molar-refractivity contribution < 1.29 is 14.4 Å². The Balaban J connectivity index is 1.69. The Kier molecular flexibility index (Phi) is 7.35. The minimum Gasteiger partial charge on any atom is -0.352 e. The van der Waals surface area contributed by atoms with E-state index < -0.39 is 0 Å². The van der Waals surface area contributed by atoms with E-state index in [0.717, 1.165) is 5.56 Å². The maximum atomic E-state index is 12.0. The number of hydrogen-bond acceptors (Lipinski definition) is 4. The van der Waals surface area contributed by atoms with E-state index in [2.05, 4.69) is 10.6 Å². The third-order valence-electron chi connectivity index (χ3n) is 3.72. The molecule has 0 unspecified atom stereocenters. The van der Waals surface area contributed by atoms with Gasteiger partial charge in [-0.05, 0) is 35.6 Å². The summed E-state index contributed by atoms with van der Waals surface area (Å²) in [5.74, 6) is -0.271. The van der Waals surface area contributed by atoms with Crippen LogP contribution in [0.4, 0.5) is 0 Å². The summed E-state index contributed by atoms with van der Waals surface area (Å²) in [6.07, 6.45) is 0.904. The molecule has 2 rings (SSSR count). The van der Waals surface area contributed by atoms with Gasteiger partial charge in [0.2, 0.25) is 5.91 Å². The molecule has 3 amide bonds. The number of hydrogen-bond donors (Lipinski definition) is 2. The fourth-order valence-corrected chi connectivity index (χ4v) is 2.94. The fraction of sp³-hybridized carbons (Fsp3) is 0.316. The minimum atomic E-state index is -0.117. The Morgan fingerprint density at radius 1 is 1.08 bits per heavy atom. The summed E-state index contributed by atoms with van der Waals surface area (Å²) in [7, 11) is 3.40. The van der Waals surface area contributed by atoms with Gasteiger partial charge in [-0.15, -0.1) is 0 Å². The van der Waals surface area contributed by atoms with Crippen LogP contribution in [0.5, 0.6) is 0 Å². The normalized spacial score (nSPS) is 10.2. The topological polar surface area (TPSA) is 78.5 Å². The number of nitrogens with one attached hydrogen (secondary N) is 2. The van der Waals surface area contributed by atoms with E-state index in [4.69, 9.17) is 0 Å². The van der Waals surface area contributed by atoms with Crippen LogP contribution in [0, 0.1) is 0 Å². The third-order valence-corrected chi connectivity index (χ3v) is 4.40. The van der Waals surface area contributed by atoms with Gasteiger partial charge in [0.25, 0.3) is 11.8 Å². The van der Waals surface area contributed by atoms with E-state index in [-0.39, 0.29) is 17.7 Å². The molecule has 2 aromatic rings. The molecule has 1 aromatic carbocycles. The number of benzene rings is 1. The number of carbonyl (C=O) groups excluding carboxylic acids is 3. The van der Waals surface area contributed by atoms with Gasteiger partial charge in [-0.2, -0.15) is 11.3 Å². The highest BCUT2D eigenvalue weighted by molar-refractivity contribution is 7.08. The molecule has 0 atom stereocenters. The first-order chi connectivity index (χ1) is 12.5. The van der Waals surface area contributed by atoms with Crippen LogP contribution >= 0.6 is 11.3 Å². The van der Waals surface area contributed by atoms with E-state index in [1.54, 1.807) is 43.7 Å². The fourth-order valence-electron chi connectivity index (χ4n) is 2.31. The van der Waals surface area contributed by atoms with Gasteiger partial charge in [-0.3, -0.25) is 14.4 Å². The van der Waals surface area contributed by atoms with Gasteiger partial charge >= 0.3 is 0 Å². The van der Waals surface area contributed by atoms with Crippen molar-refractivity contribution in [3.8, 4) is 0 Å². The largest absolute Gasteiger partial charge is 0.352 e.